The molecule has 0 saturated heterocycles. The average Bonchev–Trinajstić information content (AvgIpc) is 2.72. The molecule has 0 aliphatic heterocycles. The number of rotatable bonds is 16. The SMILES string of the molecule is CCCCCCCCOc1cccc(N(C)C(C=O)CCC=O)c1N(C)C=O. The molecule has 0 aliphatic rings. The van der Waals surface area contributed by atoms with E-state index in [0.29, 0.717) is 30.9 Å². The van der Waals surface area contributed by atoms with E-state index in [0.717, 1.165) is 37.5 Å². The van der Waals surface area contributed by atoms with E-state index in [1.54, 1.807) is 19.0 Å². The topological polar surface area (TPSA) is 66.9 Å². The van der Waals surface area contributed by atoms with E-state index in [-0.39, 0.29) is 0 Å². The van der Waals surface area contributed by atoms with Crippen LogP contribution in [0.5, 0.6) is 5.75 Å². The van der Waals surface area contributed by atoms with Gasteiger partial charge in [0.15, 0.2) is 0 Å². The molecule has 1 aromatic carbocycles. The van der Waals surface area contributed by atoms with Gasteiger partial charge in [0.1, 0.15) is 24.0 Å². The number of ether oxygens (including phenoxy) is 1. The van der Waals surface area contributed by atoms with E-state index in [1.807, 2.05) is 18.2 Å². The van der Waals surface area contributed by atoms with Gasteiger partial charge in [-0.05, 0) is 25.0 Å². The zero-order valence-corrected chi connectivity index (χ0v) is 17.4. The third-order valence-electron chi connectivity index (χ3n) is 4.86. The van der Waals surface area contributed by atoms with Gasteiger partial charge in [-0.2, -0.15) is 0 Å². The first-order chi connectivity index (χ1) is 13.6. The zero-order valence-electron chi connectivity index (χ0n) is 17.4. The molecule has 1 amide bonds. The summed E-state index contributed by atoms with van der Waals surface area (Å²) < 4.78 is 5.98. The Kier molecular flexibility index (Phi) is 11.6. The molecule has 0 bridgehead atoms. The smallest absolute Gasteiger partial charge is 0.214 e. The minimum absolute atomic E-state index is 0.306. The predicted octanol–water partition coefficient (Wildman–Crippen LogP) is 4.00. The van der Waals surface area contributed by atoms with Crippen LogP contribution in [-0.4, -0.2) is 45.7 Å². The molecular weight excluding hydrogens is 356 g/mol. The van der Waals surface area contributed by atoms with Crippen LogP contribution in [0.3, 0.4) is 0 Å². The maximum atomic E-state index is 11.5. The van der Waals surface area contributed by atoms with E-state index in [2.05, 4.69) is 6.92 Å². The number of hydrogen-bond donors (Lipinski definition) is 0. The Bertz CT molecular complexity index is 606. The van der Waals surface area contributed by atoms with Crippen LogP contribution in [0.1, 0.15) is 58.3 Å². The van der Waals surface area contributed by atoms with Crippen molar-refractivity contribution in [3.63, 3.8) is 0 Å². The molecule has 0 spiro atoms. The second-order valence-corrected chi connectivity index (χ2v) is 7.01. The van der Waals surface area contributed by atoms with Crippen LogP contribution in [0.2, 0.25) is 0 Å². The van der Waals surface area contributed by atoms with E-state index in [9.17, 15) is 14.4 Å². The Hall–Kier alpha value is -2.37. The van der Waals surface area contributed by atoms with Gasteiger partial charge >= 0.3 is 0 Å². The van der Waals surface area contributed by atoms with Crippen molar-refractivity contribution in [1.82, 2.24) is 0 Å². The molecule has 28 heavy (non-hydrogen) atoms. The molecule has 0 saturated carbocycles. The first-order valence-electron chi connectivity index (χ1n) is 10.2. The standard InChI is InChI=1S/C22H34N2O4/c1-4-5-6-7-8-9-16-28-21-14-10-13-20(22(21)23(2)18-27)24(3)19(17-26)12-11-15-25/h10,13-15,17-19H,4-9,11-12,16H2,1-3H3. The van der Waals surface area contributed by atoms with Crippen molar-refractivity contribution in [2.75, 3.05) is 30.5 Å². The van der Waals surface area contributed by atoms with Crippen molar-refractivity contribution in [3.8, 4) is 5.75 Å². The Morgan fingerprint density at radius 2 is 1.75 bits per heavy atom. The lowest BCUT2D eigenvalue weighted by molar-refractivity contribution is -0.110. The molecule has 0 radical (unpaired) electrons. The number of aldehydes is 2. The van der Waals surface area contributed by atoms with Gasteiger partial charge in [0.2, 0.25) is 6.41 Å². The lowest BCUT2D eigenvalue weighted by atomic mass is 10.1. The Balaban J connectivity index is 2.90. The Morgan fingerprint density at radius 1 is 1.04 bits per heavy atom. The molecule has 1 unspecified atom stereocenters. The van der Waals surface area contributed by atoms with Crippen LogP contribution in [0.15, 0.2) is 18.2 Å². The van der Waals surface area contributed by atoms with E-state index >= 15 is 0 Å². The molecule has 0 aromatic heterocycles. The molecule has 1 atom stereocenters. The van der Waals surface area contributed by atoms with Gasteiger partial charge in [-0.1, -0.05) is 45.1 Å². The fourth-order valence-electron chi connectivity index (χ4n) is 3.15. The van der Waals surface area contributed by atoms with Crippen LogP contribution in [0.25, 0.3) is 0 Å². The number of hydrogen-bond acceptors (Lipinski definition) is 5. The molecule has 1 aromatic rings. The summed E-state index contributed by atoms with van der Waals surface area (Å²) in [6.45, 7) is 2.79. The van der Waals surface area contributed by atoms with E-state index < -0.39 is 6.04 Å². The van der Waals surface area contributed by atoms with E-state index in [4.69, 9.17) is 4.74 Å². The number of amides is 1. The molecule has 0 N–H and O–H groups in total. The van der Waals surface area contributed by atoms with Gasteiger partial charge in [0.25, 0.3) is 0 Å². The third-order valence-corrected chi connectivity index (χ3v) is 4.86. The van der Waals surface area contributed by atoms with Crippen molar-refractivity contribution in [3.05, 3.63) is 18.2 Å². The molecule has 6 nitrogen and oxygen atoms in total. The highest BCUT2D eigenvalue weighted by Gasteiger charge is 2.21. The maximum Gasteiger partial charge on any atom is 0.214 e. The molecule has 1 rings (SSSR count). The number of para-hydroxylation sites is 1. The summed E-state index contributed by atoms with van der Waals surface area (Å²) in [5.41, 5.74) is 1.35. The lowest BCUT2D eigenvalue weighted by Gasteiger charge is -2.30. The molecule has 6 heteroatoms. The fourth-order valence-corrected chi connectivity index (χ4v) is 3.15. The maximum absolute atomic E-state index is 11.5. The molecule has 0 fully saturated rings. The van der Waals surface area contributed by atoms with Crippen LogP contribution in [-0.2, 0) is 14.4 Å². The normalized spacial score (nSPS) is 11.5. The summed E-state index contributed by atoms with van der Waals surface area (Å²) in [6, 6.07) is 5.10. The number of likely N-dealkylation sites (N-methyl/N-ethyl adjacent to an activating group) is 1. The summed E-state index contributed by atoms with van der Waals surface area (Å²) in [6.07, 6.45) is 10.1. The van der Waals surface area contributed by atoms with Gasteiger partial charge in [0, 0.05) is 20.5 Å². The number of carbonyl (C=O) groups excluding carboxylic acids is 3. The van der Waals surface area contributed by atoms with Crippen LogP contribution in [0.4, 0.5) is 11.4 Å². The number of nitrogens with zero attached hydrogens (tertiary/aromatic N) is 2. The minimum Gasteiger partial charge on any atom is -0.491 e. The van der Waals surface area contributed by atoms with Gasteiger partial charge in [-0.3, -0.25) is 4.79 Å². The lowest BCUT2D eigenvalue weighted by Crippen LogP contribution is -2.34. The first kappa shape index (κ1) is 23.7. The highest BCUT2D eigenvalue weighted by atomic mass is 16.5. The second-order valence-electron chi connectivity index (χ2n) is 7.01. The highest BCUT2D eigenvalue weighted by molar-refractivity contribution is 5.88. The third kappa shape index (κ3) is 7.33. The summed E-state index contributed by atoms with van der Waals surface area (Å²) in [5, 5.41) is 0. The summed E-state index contributed by atoms with van der Waals surface area (Å²) >= 11 is 0. The number of anilines is 2. The largest absolute Gasteiger partial charge is 0.491 e. The van der Waals surface area contributed by atoms with E-state index in [1.165, 1.54) is 30.6 Å². The van der Waals surface area contributed by atoms with Gasteiger partial charge in [-0.25, -0.2) is 0 Å². The predicted molar refractivity (Wildman–Crippen MR) is 113 cm³/mol. The monoisotopic (exact) mass is 390 g/mol. The second kappa shape index (κ2) is 13.7. The molecule has 156 valence electrons. The van der Waals surface area contributed by atoms with Crippen LogP contribution < -0.4 is 14.5 Å². The van der Waals surface area contributed by atoms with Gasteiger partial charge in [-0.15, -0.1) is 0 Å². The van der Waals surface area contributed by atoms with Crippen molar-refractivity contribution in [2.45, 2.75) is 64.3 Å². The zero-order chi connectivity index (χ0) is 20.8. The summed E-state index contributed by atoms with van der Waals surface area (Å²) in [7, 11) is 3.46. The van der Waals surface area contributed by atoms with Crippen LogP contribution in [0, 0.1) is 0 Å². The van der Waals surface area contributed by atoms with Crippen LogP contribution >= 0.6 is 0 Å². The molecule has 0 aliphatic carbocycles. The minimum atomic E-state index is -0.446. The quantitative estimate of drug-likeness (QED) is 0.315. The number of carbonyl (C=O) groups is 3. The number of unbranched alkanes of at least 4 members (excludes halogenated alkanes) is 5. The van der Waals surface area contributed by atoms with Crippen molar-refractivity contribution >= 4 is 30.4 Å². The van der Waals surface area contributed by atoms with Crippen molar-refractivity contribution < 1.29 is 19.1 Å². The molecular formula is C22H34N2O4. The van der Waals surface area contributed by atoms with Gasteiger partial charge < -0.3 is 24.1 Å². The Labute approximate surface area is 168 Å². The van der Waals surface area contributed by atoms with Crippen molar-refractivity contribution in [1.29, 1.82) is 0 Å². The summed E-state index contributed by atoms with van der Waals surface area (Å²) in [5.74, 6) is 0.618. The molecule has 0 heterocycles. The Morgan fingerprint density at radius 3 is 2.39 bits per heavy atom. The van der Waals surface area contributed by atoms with Crippen molar-refractivity contribution in [2.24, 2.45) is 0 Å². The fraction of sp³-hybridized carbons (Fsp3) is 0.591. The summed E-state index contributed by atoms with van der Waals surface area (Å²) in [4.78, 5) is 36.9. The number of benzene rings is 1. The first-order valence-corrected chi connectivity index (χ1v) is 10.2. The van der Waals surface area contributed by atoms with Gasteiger partial charge in [0.05, 0.1) is 18.3 Å². The highest BCUT2D eigenvalue weighted by Crippen LogP contribution is 2.38. The average molecular weight is 391 g/mol.